The zero-order chi connectivity index (χ0) is 11.4. The van der Waals surface area contributed by atoms with Crippen LogP contribution in [0.25, 0.3) is 0 Å². The third-order valence-corrected chi connectivity index (χ3v) is 3.79. The van der Waals surface area contributed by atoms with Crippen molar-refractivity contribution in [3.8, 4) is 0 Å². The van der Waals surface area contributed by atoms with E-state index < -0.39 is 0 Å². The maximum atomic E-state index is 5.18. The van der Waals surface area contributed by atoms with E-state index in [4.69, 9.17) is 4.74 Å². The van der Waals surface area contributed by atoms with Crippen LogP contribution in [0.15, 0.2) is 0 Å². The number of ether oxygens (including phenoxy) is 1. The van der Waals surface area contributed by atoms with E-state index in [0.717, 1.165) is 37.0 Å². The Bertz CT molecular complexity index is 167. The Balaban J connectivity index is 0.000000255. The van der Waals surface area contributed by atoms with Crippen LogP contribution in [-0.2, 0) is 4.74 Å². The van der Waals surface area contributed by atoms with Crippen molar-refractivity contribution in [1.29, 1.82) is 0 Å². The lowest BCUT2D eigenvalue weighted by molar-refractivity contribution is -0.0615. The highest BCUT2D eigenvalue weighted by Crippen LogP contribution is 2.51. The van der Waals surface area contributed by atoms with Crippen LogP contribution in [0.1, 0.15) is 34.6 Å². The van der Waals surface area contributed by atoms with Gasteiger partial charge in [-0.2, -0.15) is 0 Å². The van der Waals surface area contributed by atoms with Gasteiger partial charge in [-0.05, 0) is 17.8 Å². The standard InChI is InChI=1S/C9H15NO.2C2H6/c1-6-8-2-10(3-9(6)8)7-4-11-5-7;2*1-2/h6-9H,2-5H2,1H3;2*1-2H3. The van der Waals surface area contributed by atoms with Gasteiger partial charge in [-0.3, -0.25) is 4.90 Å². The first-order valence-electron chi connectivity index (χ1n) is 6.68. The second-order valence-corrected chi connectivity index (χ2v) is 4.33. The zero-order valence-electron chi connectivity index (χ0n) is 11.0. The molecule has 2 aliphatic heterocycles. The lowest BCUT2D eigenvalue weighted by Gasteiger charge is -2.35. The fourth-order valence-electron chi connectivity index (χ4n) is 2.59. The summed E-state index contributed by atoms with van der Waals surface area (Å²) in [7, 11) is 0. The normalized spacial score (nSPS) is 37.8. The molecular formula is C13H27NO. The van der Waals surface area contributed by atoms with Crippen molar-refractivity contribution < 1.29 is 4.74 Å². The second kappa shape index (κ2) is 5.86. The van der Waals surface area contributed by atoms with Crippen molar-refractivity contribution >= 4 is 0 Å². The lowest BCUT2D eigenvalue weighted by atomic mass is 10.2. The van der Waals surface area contributed by atoms with E-state index in [1.807, 2.05) is 27.7 Å². The highest BCUT2D eigenvalue weighted by molar-refractivity contribution is 5.04. The van der Waals surface area contributed by atoms with Crippen LogP contribution in [-0.4, -0.2) is 37.2 Å². The van der Waals surface area contributed by atoms with Crippen LogP contribution in [0.3, 0.4) is 0 Å². The molecule has 0 N–H and O–H groups in total. The van der Waals surface area contributed by atoms with E-state index in [1.165, 1.54) is 13.1 Å². The minimum atomic E-state index is 0.787. The molecular weight excluding hydrogens is 186 g/mol. The Morgan fingerprint density at radius 1 is 0.933 bits per heavy atom. The van der Waals surface area contributed by atoms with Crippen molar-refractivity contribution in [2.45, 2.75) is 40.7 Å². The summed E-state index contributed by atoms with van der Waals surface area (Å²) in [5, 5.41) is 0. The smallest absolute Gasteiger partial charge is 0.0645 e. The first-order valence-corrected chi connectivity index (χ1v) is 6.68. The monoisotopic (exact) mass is 213 g/mol. The molecule has 0 aromatic heterocycles. The van der Waals surface area contributed by atoms with Crippen LogP contribution in [0.5, 0.6) is 0 Å². The third-order valence-electron chi connectivity index (χ3n) is 3.79. The van der Waals surface area contributed by atoms with Crippen LogP contribution >= 0.6 is 0 Å². The summed E-state index contributed by atoms with van der Waals surface area (Å²) in [6, 6.07) is 0.787. The molecule has 2 nitrogen and oxygen atoms in total. The number of nitrogens with zero attached hydrogens (tertiary/aromatic N) is 1. The van der Waals surface area contributed by atoms with Crippen molar-refractivity contribution in [1.82, 2.24) is 4.90 Å². The summed E-state index contributed by atoms with van der Waals surface area (Å²) >= 11 is 0. The largest absolute Gasteiger partial charge is 0.378 e. The maximum Gasteiger partial charge on any atom is 0.0645 e. The zero-order valence-corrected chi connectivity index (χ0v) is 11.0. The van der Waals surface area contributed by atoms with Crippen molar-refractivity contribution in [3.05, 3.63) is 0 Å². The number of likely N-dealkylation sites (tertiary alicyclic amines) is 1. The Morgan fingerprint density at radius 2 is 1.40 bits per heavy atom. The molecule has 1 aliphatic carbocycles. The Labute approximate surface area is 95.0 Å². The number of rotatable bonds is 1. The van der Waals surface area contributed by atoms with Gasteiger partial charge in [-0.15, -0.1) is 0 Å². The summed E-state index contributed by atoms with van der Waals surface area (Å²) in [5.74, 6) is 3.14. The van der Waals surface area contributed by atoms with Crippen LogP contribution in [0.2, 0.25) is 0 Å². The summed E-state index contributed by atoms with van der Waals surface area (Å²) in [6.07, 6.45) is 0. The molecule has 2 atom stereocenters. The fourth-order valence-corrected chi connectivity index (χ4v) is 2.59. The van der Waals surface area contributed by atoms with Gasteiger partial charge in [-0.1, -0.05) is 34.6 Å². The average Bonchev–Trinajstić information content (AvgIpc) is 2.68. The Morgan fingerprint density at radius 3 is 1.73 bits per heavy atom. The molecule has 0 spiro atoms. The van der Waals surface area contributed by atoms with Crippen molar-refractivity contribution in [3.63, 3.8) is 0 Å². The molecule has 3 rings (SSSR count). The molecule has 0 bridgehead atoms. The fraction of sp³-hybridized carbons (Fsp3) is 1.00. The lowest BCUT2D eigenvalue weighted by Crippen LogP contribution is -2.48. The molecule has 1 saturated carbocycles. The molecule has 0 amide bonds. The second-order valence-electron chi connectivity index (χ2n) is 4.33. The summed E-state index contributed by atoms with van der Waals surface area (Å²) in [6.45, 7) is 15.1. The number of fused-ring (bicyclic) bond motifs is 1. The predicted molar refractivity (Wildman–Crippen MR) is 65.0 cm³/mol. The topological polar surface area (TPSA) is 12.5 Å². The van der Waals surface area contributed by atoms with Gasteiger partial charge >= 0.3 is 0 Å². The molecule has 2 heterocycles. The van der Waals surface area contributed by atoms with E-state index in [2.05, 4.69) is 11.8 Å². The van der Waals surface area contributed by atoms with Gasteiger partial charge in [0.05, 0.1) is 19.3 Å². The SMILES string of the molecule is CC.CC.CC1C2CN(C3COC3)CC12. The molecule has 2 heteroatoms. The van der Waals surface area contributed by atoms with E-state index in [1.54, 1.807) is 0 Å². The number of piperidine rings is 1. The highest BCUT2D eigenvalue weighted by Gasteiger charge is 2.54. The molecule has 2 unspecified atom stereocenters. The van der Waals surface area contributed by atoms with Gasteiger partial charge < -0.3 is 4.74 Å². The van der Waals surface area contributed by atoms with Crippen LogP contribution in [0.4, 0.5) is 0 Å². The summed E-state index contributed by atoms with van der Waals surface area (Å²) in [4.78, 5) is 2.62. The highest BCUT2D eigenvalue weighted by atomic mass is 16.5. The quantitative estimate of drug-likeness (QED) is 0.664. The molecule has 90 valence electrons. The van der Waals surface area contributed by atoms with Gasteiger partial charge in [0.15, 0.2) is 0 Å². The van der Waals surface area contributed by atoms with Gasteiger partial charge in [0, 0.05) is 13.1 Å². The molecule has 0 aromatic rings. The van der Waals surface area contributed by atoms with Crippen LogP contribution in [0, 0.1) is 17.8 Å². The minimum Gasteiger partial charge on any atom is -0.378 e. The molecule has 2 saturated heterocycles. The molecule has 3 fully saturated rings. The molecule has 0 radical (unpaired) electrons. The summed E-state index contributed by atoms with van der Waals surface area (Å²) in [5.41, 5.74) is 0. The van der Waals surface area contributed by atoms with Crippen LogP contribution < -0.4 is 0 Å². The van der Waals surface area contributed by atoms with E-state index in [0.29, 0.717) is 0 Å². The molecule has 0 aromatic carbocycles. The predicted octanol–water partition coefficient (Wildman–Crippen LogP) is 2.64. The molecule has 15 heavy (non-hydrogen) atoms. The van der Waals surface area contributed by atoms with E-state index >= 15 is 0 Å². The van der Waals surface area contributed by atoms with Gasteiger partial charge in [0.25, 0.3) is 0 Å². The number of hydrogen-bond donors (Lipinski definition) is 0. The third kappa shape index (κ3) is 2.54. The Hall–Kier alpha value is -0.0800. The average molecular weight is 213 g/mol. The van der Waals surface area contributed by atoms with Gasteiger partial charge in [-0.25, -0.2) is 0 Å². The van der Waals surface area contributed by atoms with Gasteiger partial charge in [0.1, 0.15) is 0 Å². The minimum absolute atomic E-state index is 0.787. The van der Waals surface area contributed by atoms with Crippen molar-refractivity contribution in [2.75, 3.05) is 26.3 Å². The summed E-state index contributed by atoms with van der Waals surface area (Å²) < 4.78 is 5.18. The van der Waals surface area contributed by atoms with Crippen molar-refractivity contribution in [2.24, 2.45) is 17.8 Å². The van der Waals surface area contributed by atoms with E-state index in [-0.39, 0.29) is 0 Å². The van der Waals surface area contributed by atoms with Gasteiger partial charge in [0.2, 0.25) is 0 Å². The molecule has 3 aliphatic rings. The van der Waals surface area contributed by atoms with E-state index in [9.17, 15) is 0 Å². The first-order chi connectivity index (χ1) is 7.36. The Kier molecular flexibility index (Phi) is 5.07. The number of hydrogen-bond acceptors (Lipinski definition) is 2. The first kappa shape index (κ1) is 13.0. The maximum absolute atomic E-state index is 5.18.